The van der Waals surface area contributed by atoms with Gasteiger partial charge in [0, 0.05) is 18.3 Å². The fourth-order valence-corrected chi connectivity index (χ4v) is 4.37. The van der Waals surface area contributed by atoms with E-state index in [0.29, 0.717) is 47.2 Å². The number of hydrogen-bond donors (Lipinski definition) is 0. The Hall–Kier alpha value is -3.91. The molecule has 1 amide bonds. The van der Waals surface area contributed by atoms with Crippen LogP contribution in [-0.4, -0.2) is 35.2 Å². The van der Waals surface area contributed by atoms with Crippen LogP contribution < -0.4 is 19.9 Å². The minimum absolute atomic E-state index is 0.120. The van der Waals surface area contributed by atoms with Crippen molar-refractivity contribution in [2.45, 2.75) is 6.54 Å². The molecule has 0 atom stereocenters. The summed E-state index contributed by atoms with van der Waals surface area (Å²) in [7, 11) is 0. The van der Waals surface area contributed by atoms with E-state index in [2.05, 4.69) is 4.98 Å². The second-order valence-electron chi connectivity index (χ2n) is 7.46. The van der Waals surface area contributed by atoms with Gasteiger partial charge in [0.1, 0.15) is 24.6 Å². The van der Waals surface area contributed by atoms with Crippen molar-refractivity contribution in [3.8, 4) is 11.5 Å². The molecule has 0 saturated heterocycles. The molecule has 0 saturated carbocycles. The molecule has 0 aliphatic carbocycles. The Bertz CT molecular complexity index is 1380. The molecule has 3 heterocycles. The number of benzene rings is 2. The van der Waals surface area contributed by atoms with Gasteiger partial charge in [0.2, 0.25) is 5.91 Å². The molecule has 0 bridgehead atoms. The molecule has 8 heteroatoms. The number of nitrogens with zero attached hydrogens (tertiary/aromatic N) is 3. The SMILES string of the molecule is O=C(Cn1cnc2sccc2c1=O)N(C/C=C/c1ccccc1)c1ccc2c(c1)OCCO2. The number of hydrogen-bond acceptors (Lipinski definition) is 6. The van der Waals surface area contributed by atoms with E-state index in [1.165, 1.54) is 22.2 Å². The fraction of sp³-hybridized carbons (Fsp3) is 0.160. The summed E-state index contributed by atoms with van der Waals surface area (Å²) in [5.41, 5.74) is 1.48. The van der Waals surface area contributed by atoms with Gasteiger partial charge >= 0.3 is 0 Å². The number of rotatable bonds is 6. The van der Waals surface area contributed by atoms with E-state index in [-0.39, 0.29) is 18.0 Å². The Morgan fingerprint density at radius 1 is 1.09 bits per heavy atom. The maximum Gasteiger partial charge on any atom is 0.262 e. The number of carbonyl (C=O) groups is 1. The van der Waals surface area contributed by atoms with Crippen molar-refractivity contribution in [1.82, 2.24) is 9.55 Å². The van der Waals surface area contributed by atoms with Gasteiger partial charge in [-0.3, -0.25) is 14.2 Å². The van der Waals surface area contributed by atoms with Gasteiger partial charge in [0.05, 0.1) is 11.7 Å². The van der Waals surface area contributed by atoms with Gasteiger partial charge in [0.25, 0.3) is 5.56 Å². The van der Waals surface area contributed by atoms with Crippen molar-refractivity contribution in [2.75, 3.05) is 24.7 Å². The molecule has 4 aromatic rings. The number of anilines is 1. The minimum atomic E-state index is -0.233. The van der Waals surface area contributed by atoms with E-state index in [9.17, 15) is 9.59 Å². The summed E-state index contributed by atoms with van der Waals surface area (Å²) in [6.45, 7) is 1.16. The van der Waals surface area contributed by atoms with Crippen molar-refractivity contribution in [3.63, 3.8) is 0 Å². The number of thiophene rings is 1. The topological polar surface area (TPSA) is 73.7 Å². The van der Waals surface area contributed by atoms with Crippen molar-refractivity contribution < 1.29 is 14.3 Å². The van der Waals surface area contributed by atoms with Crippen molar-refractivity contribution >= 4 is 39.2 Å². The summed E-state index contributed by atoms with van der Waals surface area (Å²) >= 11 is 1.40. The number of ether oxygens (including phenoxy) is 2. The molecule has 1 aliphatic rings. The summed E-state index contributed by atoms with van der Waals surface area (Å²) in [5, 5.41) is 2.34. The van der Waals surface area contributed by atoms with Crippen LogP contribution in [0.5, 0.6) is 11.5 Å². The van der Waals surface area contributed by atoms with Gasteiger partial charge in [-0.1, -0.05) is 42.5 Å². The zero-order valence-corrected chi connectivity index (χ0v) is 18.5. The van der Waals surface area contributed by atoms with Crippen LogP contribution in [0.2, 0.25) is 0 Å². The normalized spacial score (nSPS) is 12.8. The van der Waals surface area contributed by atoms with E-state index in [1.54, 1.807) is 23.1 Å². The third-order valence-electron chi connectivity index (χ3n) is 5.29. The highest BCUT2D eigenvalue weighted by molar-refractivity contribution is 7.16. The largest absolute Gasteiger partial charge is 0.486 e. The van der Waals surface area contributed by atoms with Crippen LogP contribution in [-0.2, 0) is 11.3 Å². The lowest BCUT2D eigenvalue weighted by molar-refractivity contribution is -0.119. The molecule has 2 aromatic carbocycles. The minimum Gasteiger partial charge on any atom is -0.486 e. The van der Waals surface area contributed by atoms with Crippen LogP contribution in [0.15, 0.2) is 77.2 Å². The highest BCUT2D eigenvalue weighted by Gasteiger charge is 2.20. The molecule has 0 spiro atoms. The number of amides is 1. The Labute approximate surface area is 194 Å². The lowest BCUT2D eigenvalue weighted by atomic mass is 10.2. The second-order valence-corrected chi connectivity index (χ2v) is 8.36. The average molecular weight is 460 g/mol. The average Bonchev–Trinajstić information content (AvgIpc) is 3.34. The molecule has 7 nitrogen and oxygen atoms in total. The summed E-state index contributed by atoms with van der Waals surface area (Å²) in [6.07, 6.45) is 5.32. The first kappa shape index (κ1) is 21.0. The molecule has 0 radical (unpaired) electrons. The van der Waals surface area contributed by atoms with Crippen LogP contribution in [0.25, 0.3) is 16.3 Å². The first-order valence-corrected chi connectivity index (χ1v) is 11.4. The first-order chi connectivity index (χ1) is 16.2. The highest BCUT2D eigenvalue weighted by Crippen LogP contribution is 2.34. The zero-order chi connectivity index (χ0) is 22.6. The van der Waals surface area contributed by atoms with Crippen LogP contribution >= 0.6 is 11.3 Å². The van der Waals surface area contributed by atoms with E-state index in [0.717, 1.165) is 5.56 Å². The number of carbonyl (C=O) groups excluding carboxylic acids is 1. The predicted octanol–water partition coefficient (Wildman–Crippen LogP) is 3.98. The van der Waals surface area contributed by atoms with E-state index >= 15 is 0 Å². The van der Waals surface area contributed by atoms with Crippen LogP contribution in [0.1, 0.15) is 5.56 Å². The standard InChI is InChI=1S/C25H21N3O4S/c29-23(16-27-17-26-24-20(25(27)30)10-14-33-24)28(11-4-7-18-5-2-1-3-6-18)19-8-9-21-22(15-19)32-13-12-31-21/h1-10,14-15,17H,11-13,16H2/b7-4+. The molecule has 166 valence electrons. The maximum atomic E-state index is 13.4. The summed E-state index contributed by atoms with van der Waals surface area (Å²) in [5.74, 6) is 1.02. The Kier molecular flexibility index (Phi) is 5.91. The lowest BCUT2D eigenvalue weighted by Gasteiger charge is -2.25. The predicted molar refractivity (Wildman–Crippen MR) is 129 cm³/mol. The highest BCUT2D eigenvalue weighted by atomic mass is 32.1. The molecule has 0 unspecified atom stereocenters. The Morgan fingerprint density at radius 3 is 2.76 bits per heavy atom. The molecular weight excluding hydrogens is 438 g/mol. The van der Waals surface area contributed by atoms with E-state index < -0.39 is 0 Å². The first-order valence-electron chi connectivity index (χ1n) is 10.5. The second kappa shape index (κ2) is 9.30. The number of aromatic nitrogens is 2. The molecule has 1 aliphatic heterocycles. The quantitative estimate of drug-likeness (QED) is 0.436. The smallest absolute Gasteiger partial charge is 0.262 e. The molecule has 2 aromatic heterocycles. The Balaban J connectivity index is 1.44. The third kappa shape index (κ3) is 4.51. The van der Waals surface area contributed by atoms with Gasteiger partial charge < -0.3 is 14.4 Å². The van der Waals surface area contributed by atoms with Crippen molar-refractivity contribution in [2.24, 2.45) is 0 Å². The van der Waals surface area contributed by atoms with Crippen LogP contribution in [0.4, 0.5) is 5.69 Å². The Morgan fingerprint density at radius 2 is 1.91 bits per heavy atom. The van der Waals surface area contributed by atoms with E-state index in [4.69, 9.17) is 9.47 Å². The third-order valence-corrected chi connectivity index (χ3v) is 6.11. The monoisotopic (exact) mass is 459 g/mol. The summed E-state index contributed by atoms with van der Waals surface area (Å²) in [6, 6.07) is 17.0. The van der Waals surface area contributed by atoms with Gasteiger partial charge in [-0.05, 0) is 29.1 Å². The maximum absolute atomic E-state index is 13.4. The van der Waals surface area contributed by atoms with Gasteiger partial charge in [-0.2, -0.15) is 0 Å². The van der Waals surface area contributed by atoms with Crippen molar-refractivity contribution in [1.29, 1.82) is 0 Å². The number of fused-ring (bicyclic) bond motifs is 2. The summed E-state index contributed by atoms with van der Waals surface area (Å²) in [4.78, 5) is 32.8. The van der Waals surface area contributed by atoms with Gasteiger partial charge in [0.15, 0.2) is 11.5 Å². The zero-order valence-electron chi connectivity index (χ0n) is 17.7. The van der Waals surface area contributed by atoms with E-state index in [1.807, 2.05) is 53.9 Å². The molecule has 0 fully saturated rings. The molecule has 5 rings (SSSR count). The summed E-state index contributed by atoms with van der Waals surface area (Å²) < 4.78 is 12.7. The molecule has 0 N–H and O–H groups in total. The lowest BCUT2D eigenvalue weighted by Crippen LogP contribution is -2.37. The fourth-order valence-electron chi connectivity index (χ4n) is 3.65. The van der Waals surface area contributed by atoms with Crippen LogP contribution in [0.3, 0.4) is 0 Å². The molecule has 33 heavy (non-hydrogen) atoms. The van der Waals surface area contributed by atoms with Crippen molar-refractivity contribution in [3.05, 3.63) is 88.3 Å². The van der Waals surface area contributed by atoms with Gasteiger partial charge in [-0.15, -0.1) is 11.3 Å². The van der Waals surface area contributed by atoms with Gasteiger partial charge in [-0.25, -0.2) is 4.98 Å². The molecular formula is C25H21N3O4S. The van der Waals surface area contributed by atoms with Crippen LogP contribution in [0, 0.1) is 0 Å².